The molecular formula is C15H14N2S. The molecular weight excluding hydrogens is 240 g/mol. The molecule has 0 radical (unpaired) electrons. The summed E-state index contributed by atoms with van der Waals surface area (Å²) in [6.45, 7) is 1.67. The number of nitriles is 1. The van der Waals surface area contributed by atoms with E-state index in [1.165, 1.54) is 0 Å². The summed E-state index contributed by atoms with van der Waals surface area (Å²) in [6, 6.07) is 11.9. The highest BCUT2D eigenvalue weighted by molar-refractivity contribution is 7.81. The molecule has 2 N–H and O–H groups in total. The number of nitrogens with zero attached hydrogens (tertiary/aromatic N) is 1. The van der Waals surface area contributed by atoms with Gasteiger partial charge in [0.15, 0.2) is 0 Å². The molecule has 0 aliphatic carbocycles. The molecule has 0 aliphatic rings. The fourth-order valence-corrected chi connectivity index (χ4v) is 1.58. The highest BCUT2D eigenvalue weighted by atomic mass is 32.1. The Kier molecular flexibility index (Phi) is 5.56. The number of nitrogens with two attached hydrogens (primary N) is 1. The zero-order chi connectivity index (χ0) is 13.4. The first-order valence-corrected chi connectivity index (χ1v) is 5.86. The summed E-state index contributed by atoms with van der Waals surface area (Å²) in [4.78, 5) is 0.454. The Bertz CT molecular complexity index is 542. The van der Waals surface area contributed by atoms with Crippen molar-refractivity contribution in [2.75, 3.05) is 0 Å². The van der Waals surface area contributed by atoms with Crippen molar-refractivity contribution in [2.24, 2.45) is 5.73 Å². The predicted molar refractivity (Wildman–Crippen MR) is 79.7 cm³/mol. The smallest absolute Gasteiger partial charge is 0.102 e. The molecule has 0 bridgehead atoms. The Hall–Kier alpha value is -2.18. The normalized spacial score (nSPS) is 12.4. The third-order valence-electron chi connectivity index (χ3n) is 2.20. The molecule has 0 amide bonds. The van der Waals surface area contributed by atoms with Crippen LogP contribution in [0.5, 0.6) is 0 Å². The zero-order valence-corrected chi connectivity index (χ0v) is 10.9. The van der Waals surface area contributed by atoms with Gasteiger partial charge in [-0.25, -0.2) is 0 Å². The van der Waals surface area contributed by atoms with Gasteiger partial charge in [0.25, 0.3) is 0 Å². The number of benzene rings is 1. The van der Waals surface area contributed by atoms with E-state index in [9.17, 15) is 0 Å². The lowest BCUT2D eigenvalue weighted by Gasteiger charge is -1.96. The molecule has 0 aliphatic heterocycles. The Morgan fingerprint density at radius 2 is 1.94 bits per heavy atom. The average Bonchev–Trinajstić information content (AvgIpc) is 2.36. The van der Waals surface area contributed by atoms with Gasteiger partial charge in [-0.05, 0) is 18.6 Å². The maximum atomic E-state index is 8.87. The summed E-state index contributed by atoms with van der Waals surface area (Å²) in [7, 11) is 0. The van der Waals surface area contributed by atoms with E-state index in [2.05, 4.69) is 0 Å². The van der Waals surface area contributed by atoms with E-state index in [4.69, 9.17) is 23.2 Å². The molecule has 2 nitrogen and oxygen atoms in total. The van der Waals surface area contributed by atoms with Crippen LogP contribution >= 0.6 is 12.2 Å². The molecule has 1 rings (SSSR count). The van der Waals surface area contributed by atoms with E-state index in [0.29, 0.717) is 16.1 Å². The van der Waals surface area contributed by atoms with Crippen molar-refractivity contribution < 1.29 is 0 Å². The van der Waals surface area contributed by atoms with Gasteiger partial charge in [0.2, 0.25) is 0 Å². The fourth-order valence-electron chi connectivity index (χ4n) is 1.29. The molecule has 18 heavy (non-hydrogen) atoms. The van der Waals surface area contributed by atoms with Crippen LogP contribution in [-0.2, 0) is 0 Å². The molecule has 0 fully saturated rings. The van der Waals surface area contributed by atoms with Crippen molar-refractivity contribution in [3.8, 4) is 6.07 Å². The van der Waals surface area contributed by atoms with Crippen molar-refractivity contribution in [3.63, 3.8) is 0 Å². The van der Waals surface area contributed by atoms with E-state index in [-0.39, 0.29) is 0 Å². The number of rotatable bonds is 4. The SMILES string of the molecule is C/C(N)=C(\C#N)C(=S)/C=C/C=C/c1ccccc1. The number of thiocarbonyl (C=S) groups is 1. The third-order valence-corrected chi connectivity index (χ3v) is 2.54. The van der Waals surface area contributed by atoms with Crippen molar-refractivity contribution in [3.05, 3.63) is 65.4 Å². The van der Waals surface area contributed by atoms with Crippen LogP contribution in [0.3, 0.4) is 0 Å². The van der Waals surface area contributed by atoms with E-state index >= 15 is 0 Å². The Morgan fingerprint density at radius 1 is 1.28 bits per heavy atom. The second-order valence-electron chi connectivity index (χ2n) is 3.66. The standard InChI is InChI=1S/C15H14N2S/c1-12(17)14(11-16)15(18)10-6-5-9-13-7-3-2-4-8-13/h2-10H,17H2,1H3/b9-5+,10-6+,14-12-. The minimum atomic E-state index is 0.356. The lowest BCUT2D eigenvalue weighted by molar-refractivity contribution is 1.29. The van der Waals surface area contributed by atoms with Crippen LogP contribution < -0.4 is 5.73 Å². The first kappa shape index (κ1) is 13.9. The molecule has 1 aromatic rings. The summed E-state index contributed by atoms with van der Waals surface area (Å²) in [5.74, 6) is 0. The summed E-state index contributed by atoms with van der Waals surface area (Å²) < 4.78 is 0. The minimum absolute atomic E-state index is 0.356. The number of hydrogen-bond donors (Lipinski definition) is 1. The summed E-state index contributed by atoms with van der Waals surface area (Å²) in [5, 5.41) is 8.87. The van der Waals surface area contributed by atoms with Crippen LogP contribution in [0, 0.1) is 11.3 Å². The molecule has 0 heterocycles. The maximum Gasteiger partial charge on any atom is 0.102 e. The van der Waals surface area contributed by atoms with Crippen molar-refractivity contribution in [2.45, 2.75) is 6.92 Å². The topological polar surface area (TPSA) is 49.8 Å². The van der Waals surface area contributed by atoms with Gasteiger partial charge in [0, 0.05) is 5.70 Å². The minimum Gasteiger partial charge on any atom is -0.401 e. The Balaban J connectivity index is 2.68. The van der Waals surface area contributed by atoms with Gasteiger partial charge in [-0.3, -0.25) is 0 Å². The van der Waals surface area contributed by atoms with Crippen LogP contribution in [0.15, 0.2) is 59.8 Å². The summed E-state index contributed by atoms with van der Waals surface area (Å²) >= 11 is 5.10. The first-order chi connectivity index (χ1) is 8.65. The van der Waals surface area contributed by atoms with Crippen LogP contribution in [0.2, 0.25) is 0 Å². The molecule has 0 saturated heterocycles. The Labute approximate surface area is 113 Å². The lowest BCUT2D eigenvalue weighted by Crippen LogP contribution is -2.03. The average molecular weight is 254 g/mol. The maximum absolute atomic E-state index is 8.87. The molecule has 0 unspecified atom stereocenters. The third kappa shape index (κ3) is 4.36. The van der Waals surface area contributed by atoms with E-state index < -0.39 is 0 Å². The highest BCUT2D eigenvalue weighted by Crippen LogP contribution is 2.04. The monoisotopic (exact) mass is 254 g/mol. The van der Waals surface area contributed by atoms with Gasteiger partial charge in [-0.15, -0.1) is 0 Å². The Morgan fingerprint density at radius 3 is 2.50 bits per heavy atom. The molecule has 3 heteroatoms. The van der Waals surface area contributed by atoms with Gasteiger partial charge < -0.3 is 5.73 Å². The van der Waals surface area contributed by atoms with E-state index in [1.807, 2.05) is 48.6 Å². The van der Waals surface area contributed by atoms with Crippen LogP contribution in [0.4, 0.5) is 0 Å². The molecule has 1 aromatic carbocycles. The van der Waals surface area contributed by atoms with Crippen molar-refractivity contribution >= 4 is 23.2 Å². The number of allylic oxidation sites excluding steroid dienone is 5. The molecule has 0 spiro atoms. The summed E-state index contributed by atoms with van der Waals surface area (Å²) in [6.07, 6.45) is 7.34. The molecule has 0 atom stereocenters. The van der Waals surface area contributed by atoms with Crippen LogP contribution in [0.1, 0.15) is 12.5 Å². The zero-order valence-electron chi connectivity index (χ0n) is 10.1. The molecule has 0 aromatic heterocycles. The number of hydrogen-bond acceptors (Lipinski definition) is 3. The van der Waals surface area contributed by atoms with Crippen molar-refractivity contribution in [1.82, 2.24) is 0 Å². The highest BCUT2D eigenvalue weighted by Gasteiger charge is 2.01. The van der Waals surface area contributed by atoms with Crippen LogP contribution in [-0.4, -0.2) is 4.86 Å². The molecule has 0 saturated carbocycles. The molecule has 90 valence electrons. The van der Waals surface area contributed by atoms with Crippen LogP contribution in [0.25, 0.3) is 6.08 Å². The van der Waals surface area contributed by atoms with E-state index in [1.54, 1.807) is 19.1 Å². The van der Waals surface area contributed by atoms with Gasteiger partial charge in [-0.1, -0.05) is 60.8 Å². The summed E-state index contributed by atoms with van der Waals surface area (Å²) in [5.41, 5.74) is 7.47. The predicted octanol–water partition coefficient (Wildman–Crippen LogP) is 3.38. The van der Waals surface area contributed by atoms with Gasteiger partial charge >= 0.3 is 0 Å². The fraction of sp³-hybridized carbons (Fsp3) is 0.0667. The van der Waals surface area contributed by atoms with E-state index in [0.717, 1.165) is 5.56 Å². The first-order valence-electron chi connectivity index (χ1n) is 5.45. The quantitative estimate of drug-likeness (QED) is 0.388. The lowest BCUT2D eigenvalue weighted by atomic mass is 10.1. The van der Waals surface area contributed by atoms with Crippen molar-refractivity contribution in [1.29, 1.82) is 5.26 Å². The van der Waals surface area contributed by atoms with Gasteiger partial charge in [-0.2, -0.15) is 5.26 Å². The van der Waals surface area contributed by atoms with Gasteiger partial charge in [0.05, 0.1) is 10.4 Å². The largest absolute Gasteiger partial charge is 0.401 e. The second-order valence-corrected chi connectivity index (χ2v) is 4.10. The van der Waals surface area contributed by atoms with Gasteiger partial charge in [0.1, 0.15) is 6.07 Å². The second kappa shape index (κ2) is 7.21.